The van der Waals surface area contributed by atoms with Crippen molar-refractivity contribution in [1.82, 2.24) is 19.6 Å². The first-order chi connectivity index (χ1) is 22.9. The summed E-state index contributed by atoms with van der Waals surface area (Å²) in [4.78, 5) is 0. The van der Waals surface area contributed by atoms with Crippen LogP contribution in [0.2, 0.25) is 5.02 Å². The van der Waals surface area contributed by atoms with Gasteiger partial charge in [0.25, 0.3) is 0 Å². The molecule has 0 amide bonds. The maximum absolute atomic E-state index is 6.10. The predicted octanol–water partition coefficient (Wildman–Crippen LogP) is 7.41. The van der Waals surface area contributed by atoms with Crippen molar-refractivity contribution in [3.05, 3.63) is 81.2 Å². The van der Waals surface area contributed by atoms with E-state index < -0.39 is 0 Å². The number of allylic oxidation sites excluding steroid dienone is 5. The summed E-state index contributed by atoms with van der Waals surface area (Å²) in [5.41, 5.74) is 14.7. The molecule has 14 heteroatoms. The van der Waals surface area contributed by atoms with E-state index in [1.165, 1.54) is 12.8 Å². The second-order valence-electron chi connectivity index (χ2n) is 12.9. The highest BCUT2D eigenvalue weighted by atomic mass is 79.9. The number of nitrogen functional groups attached to an aromatic ring is 1. The monoisotopic (exact) mass is 759 g/mol. The SMILES string of the molecule is CC1(C)OB(c2ccnn2C2CCCCO2)OC1(C)C.NC1=C(Cl)C=[C+]C(Br)=C1.Nc1cc(-c2ccnn2C2CCCCO2)ccc1Cl. The molecule has 2 aromatic heterocycles. The van der Waals surface area contributed by atoms with Crippen LogP contribution in [0, 0.1) is 6.08 Å². The number of benzene rings is 1. The van der Waals surface area contributed by atoms with Gasteiger partial charge in [-0.2, -0.15) is 10.2 Å². The summed E-state index contributed by atoms with van der Waals surface area (Å²) in [7, 11) is -0.381. The second-order valence-corrected chi connectivity index (χ2v) is 14.6. The Morgan fingerprint density at radius 2 is 1.48 bits per heavy atom. The van der Waals surface area contributed by atoms with Gasteiger partial charge in [-0.15, -0.1) is 0 Å². The molecule has 7 rings (SSSR count). The topological polar surface area (TPSA) is 125 Å². The molecular weight excluding hydrogens is 718 g/mol. The Bertz CT molecular complexity index is 1630. The van der Waals surface area contributed by atoms with Gasteiger partial charge in [-0.3, -0.25) is 0 Å². The number of halogens is 3. The molecule has 5 heterocycles. The lowest BCUT2D eigenvalue weighted by Crippen LogP contribution is -2.42. The van der Waals surface area contributed by atoms with E-state index in [-0.39, 0.29) is 30.8 Å². The number of anilines is 1. The molecule has 4 N–H and O–H groups in total. The number of nitrogens with two attached hydrogens (primary N) is 2. The van der Waals surface area contributed by atoms with E-state index >= 15 is 0 Å². The zero-order chi connectivity index (χ0) is 34.5. The van der Waals surface area contributed by atoms with E-state index in [1.54, 1.807) is 24.5 Å². The van der Waals surface area contributed by atoms with Gasteiger partial charge in [0.1, 0.15) is 12.3 Å². The minimum absolute atomic E-state index is 0.00720. The molecule has 1 aliphatic carbocycles. The molecule has 0 bridgehead atoms. The minimum Gasteiger partial charge on any atom is -0.398 e. The van der Waals surface area contributed by atoms with Gasteiger partial charge in [-0.25, -0.2) is 9.36 Å². The Morgan fingerprint density at radius 1 is 0.875 bits per heavy atom. The van der Waals surface area contributed by atoms with Crippen molar-refractivity contribution >= 4 is 57.5 Å². The van der Waals surface area contributed by atoms with Crippen molar-refractivity contribution in [3.8, 4) is 11.3 Å². The van der Waals surface area contributed by atoms with Crippen LogP contribution in [0.4, 0.5) is 5.69 Å². The van der Waals surface area contributed by atoms with Crippen molar-refractivity contribution in [3.63, 3.8) is 0 Å². The van der Waals surface area contributed by atoms with Gasteiger partial charge >= 0.3 is 7.12 Å². The molecule has 256 valence electrons. The number of hydrogen-bond donors (Lipinski definition) is 2. The molecule has 10 nitrogen and oxygen atoms in total. The van der Waals surface area contributed by atoms with E-state index in [1.807, 2.05) is 39.7 Å². The fourth-order valence-electron chi connectivity index (χ4n) is 5.49. The Balaban J connectivity index is 0.000000151. The van der Waals surface area contributed by atoms with Gasteiger partial charge in [-0.05, 0) is 106 Å². The van der Waals surface area contributed by atoms with E-state index in [0.29, 0.717) is 21.4 Å². The average Bonchev–Trinajstić information content (AvgIpc) is 3.80. The smallest absolute Gasteiger partial charge is 0.398 e. The molecule has 3 saturated heterocycles. The van der Waals surface area contributed by atoms with Gasteiger partial charge in [-0.1, -0.05) is 17.7 Å². The molecule has 3 aliphatic heterocycles. The molecule has 0 saturated carbocycles. The normalized spacial score (nSPS) is 23.0. The molecule has 0 radical (unpaired) electrons. The molecule has 3 fully saturated rings. The maximum atomic E-state index is 6.10. The van der Waals surface area contributed by atoms with Crippen LogP contribution in [-0.2, 0) is 18.8 Å². The first-order valence-electron chi connectivity index (χ1n) is 16.2. The third-order valence-corrected chi connectivity index (χ3v) is 10.0. The number of rotatable bonds is 4. The Hall–Kier alpha value is -2.67. The third-order valence-electron chi connectivity index (χ3n) is 8.91. The number of nitrogens with zero attached hydrogens (tertiary/aromatic N) is 4. The molecule has 4 aliphatic rings. The van der Waals surface area contributed by atoms with E-state index in [2.05, 4.69) is 59.9 Å². The lowest BCUT2D eigenvalue weighted by atomic mass is 9.84. The van der Waals surface area contributed by atoms with E-state index in [4.69, 9.17) is 53.5 Å². The number of aromatic nitrogens is 4. The largest absolute Gasteiger partial charge is 0.514 e. The van der Waals surface area contributed by atoms with Gasteiger partial charge in [0.15, 0.2) is 21.4 Å². The Kier molecular flexibility index (Phi) is 12.1. The third kappa shape index (κ3) is 8.73. The van der Waals surface area contributed by atoms with Crippen LogP contribution in [0.5, 0.6) is 0 Å². The summed E-state index contributed by atoms with van der Waals surface area (Å²) >= 11 is 14.8. The number of hydrogen-bond acceptors (Lipinski definition) is 8. The quantitative estimate of drug-likeness (QED) is 0.160. The summed E-state index contributed by atoms with van der Waals surface area (Å²) in [5, 5.41) is 9.91. The van der Waals surface area contributed by atoms with Crippen molar-refractivity contribution in [2.45, 2.75) is 89.9 Å². The first-order valence-corrected chi connectivity index (χ1v) is 17.7. The molecule has 1 aromatic carbocycles. The molecular formula is C34H43BBrCl2N6O4+. The van der Waals surface area contributed by atoms with Crippen LogP contribution in [0.1, 0.15) is 78.7 Å². The number of ether oxygens (including phenoxy) is 2. The average molecular weight is 761 g/mol. The summed E-state index contributed by atoms with van der Waals surface area (Å²) < 4.78 is 28.5. The summed E-state index contributed by atoms with van der Waals surface area (Å²) in [5.74, 6) is 0. The summed E-state index contributed by atoms with van der Waals surface area (Å²) in [6.07, 6.45) is 16.4. The molecule has 2 atom stereocenters. The van der Waals surface area contributed by atoms with Gasteiger partial charge in [0.2, 0.25) is 0 Å². The standard InChI is InChI=1S/C14H23BN2O3.C14H16ClN3O.C6H4BrClN/c1-13(2)14(3,4)20-15(19-13)11-8-9-16-17(11)12-7-5-6-10-18-12;15-11-5-4-10(9-12(11)16)13-6-7-17-18(13)14-3-1-2-8-19-14;7-4-1-2-5(8)6(9)3-4/h8-9,12H,5-7,10H2,1-4H3;4-7,9,14H,1-3,8,16H2;2-3H,9H2/q;;+1. The van der Waals surface area contributed by atoms with Crippen molar-refractivity contribution in [2.75, 3.05) is 18.9 Å². The van der Waals surface area contributed by atoms with Gasteiger partial charge in [0.05, 0.1) is 45.4 Å². The zero-order valence-corrected chi connectivity index (χ0v) is 30.9. The van der Waals surface area contributed by atoms with Crippen LogP contribution in [0.15, 0.2) is 70.1 Å². The van der Waals surface area contributed by atoms with Gasteiger partial charge in [0, 0.05) is 42.8 Å². The minimum atomic E-state index is -0.381. The highest BCUT2D eigenvalue weighted by Crippen LogP contribution is 2.37. The lowest BCUT2D eigenvalue weighted by molar-refractivity contribution is -0.0383. The first kappa shape index (κ1) is 36.6. The van der Waals surface area contributed by atoms with Crippen LogP contribution in [-0.4, -0.2) is 51.1 Å². The van der Waals surface area contributed by atoms with Crippen LogP contribution in [0.25, 0.3) is 11.3 Å². The summed E-state index contributed by atoms with van der Waals surface area (Å²) in [6.45, 7) is 9.84. The lowest BCUT2D eigenvalue weighted by Gasteiger charge is -2.32. The molecule has 2 unspecified atom stereocenters. The van der Waals surface area contributed by atoms with Crippen molar-refractivity contribution in [2.24, 2.45) is 5.73 Å². The summed E-state index contributed by atoms with van der Waals surface area (Å²) in [6, 6.07) is 9.57. The fraction of sp³-hybridized carbons (Fsp3) is 0.471. The van der Waals surface area contributed by atoms with E-state index in [9.17, 15) is 0 Å². The van der Waals surface area contributed by atoms with Crippen molar-refractivity contribution in [1.29, 1.82) is 0 Å². The van der Waals surface area contributed by atoms with E-state index in [0.717, 1.165) is 60.2 Å². The van der Waals surface area contributed by atoms with Crippen LogP contribution < -0.4 is 17.1 Å². The predicted molar refractivity (Wildman–Crippen MR) is 195 cm³/mol. The van der Waals surface area contributed by atoms with Gasteiger partial charge < -0.3 is 30.2 Å². The van der Waals surface area contributed by atoms with Crippen LogP contribution >= 0.6 is 39.1 Å². The molecule has 3 aromatic rings. The highest BCUT2D eigenvalue weighted by molar-refractivity contribution is 9.11. The van der Waals surface area contributed by atoms with Crippen molar-refractivity contribution < 1.29 is 18.8 Å². The molecule has 0 spiro atoms. The second kappa shape index (κ2) is 15.9. The Morgan fingerprint density at radius 3 is 2.04 bits per heavy atom. The fourth-order valence-corrected chi connectivity index (χ4v) is 6.07. The highest BCUT2D eigenvalue weighted by Gasteiger charge is 2.53. The molecule has 48 heavy (non-hydrogen) atoms. The maximum Gasteiger partial charge on any atom is 0.514 e. The van der Waals surface area contributed by atoms with Crippen LogP contribution in [0.3, 0.4) is 0 Å². The zero-order valence-electron chi connectivity index (χ0n) is 27.8. The Labute approximate surface area is 301 Å².